The molecule has 1 heterocycles. The molecule has 1 amide bonds. The summed E-state index contributed by atoms with van der Waals surface area (Å²) in [7, 11) is -3.27. The van der Waals surface area contributed by atoms with Crippen LogP contribution in [0, 0.1) is 0 Å². The van der Waals surface area contributed by atoms with Gasteiger partial charge in [0.05, 0.1) is 16.3 Å². The van der Waals surface area contributed by atoms with Crippen LogP contribution in [-0.4, -0.2) is 30.4 Å². The molecule has 1 aliphatic rings. The van der Waals surface area contributed by atoms with Gasteiger partial charge in [-0.05, 0) is 55.3 Å². The van der Waals surface area contributed by atoms with E-state index in [1.54, 1.807) is 16.8 Å². The van der Waals surface area contributed by atoms with Crippen molar-refractivity contribution in [2.24, 2.45) is 0 Å². The Morgan fingerprint density at radius 2 is 1.74 bits per heavy atom. The normalized spacial score (nSPS) is 14.1. The molecule has 1 N–H and O–H groups in total. The molecule has 2 aromatic carbocycles. The first-order valence-electron chi connectivity index (χ1n) is 8.69. The van der Waals surface area contributed by atoms with E-state index in [1.165, 1.54) is 12.1 Å². The number of sulfone groups is 1. The van der Waals surface area contributed by atoms with Crippen molar-refractivity contribution in [2.75, 3.05) is 11.6 Å². The quantitative estimate of drug-likeness (QED) is 0.734. The van der Waals surface area contributed by atoms with Crippen molar-refractivity contribution in [2.45, 2.75) is 23.7 Å². The van der Waals surface area contributed by atoms with Gasteiger partial charge in [-0.25, -0.2) is 13.1 Å². The second-order valence-corrected chi connectivity index (χ2v) is 8.74. The zero-order chi connectivity index (χ0) is 19.0. The van der Waals surface area contributed by atoms with Crippen LogP contribution in [0.4, 0.5) is 5.69 Å². The predicted octanol–water partition coefficient (Wildman–Crippen LogP) is 3.41. The van der Waals surface area contributed by atoms with Gasteiger partial charge in [0.2, 0.25) is 0 Å². The lowest BCUT2D eigenvalue weighted by molar-refractivity contribution is 0.101. The maximum atomic E-state index is 12.9. The van der Waals surface area contributed by atoms with Gasteiger partial charge in [0, 0.05) is 17.9 Å². The van der Waals surface area contributed by atoms with Gasteiger partial charge in [-0.2, -0.15) is 5.10 Å². The zero-order valence-corrected chi connectivity index (χ0v) is 15.6. The van der Waals surface area contributed by atoms with Gasteiger partial charge in [-0.3, -0.25) is 4.79 Å². The van der Waals surface area contributed by atoms with Gasteiger partial charge in [-0.1, -0.05) is 18.2 Å². The van der Waals surface area contributed by atoms with Crippen LogP contribution >= 0.6 is 0 Å². The van der Waals surface area contributed by atoms with E-state index in [2.05, 4.69) is 10.4 Å². The first-order chi connectivity index (χ1) is 12.9. The van der Waals surface area contributed by atoms with Crippen molar-refractivity contribution in [3.63, 3.8) is 0 Å². The van der Waals surface area contributed by atoms with Gasteiger partial charge in [0.1, 0.15) is 5.69 Å². The van der Waals surface area contributed by atoms with E-state index in [0.717, 1.165) is 30.5 Å². The molecule has 27 heavy (non-hydrogen) atoms. The molecule has 0 spiro atoms. The summed E-state index contributed by atoms with van der Waals surface area (Å²) < 4.78 is 24.8. The number of hydrogen-bond donors (Lipinski definition) is 1. The Morgan fingerprint density at radius 1 is 1.07 bits per heavy atom. The highest BCUT2D eigenvalue weighted by Gasteiger charge is 2.29. The van der Waals surface area contributed by atoms with Crippen molar-refractivity contribution in [3.05, 3.63) is 72.1 Å². The van der Waals surface area contributed by atoms with Crippen molar-refractivity contribution in [1.82, 2.24) is 9.78 Å². The minimum atomic E-state index is -3.27. The Labute approximate surface area is 157 Å². The Hall–Kier alpha value is -2.93. The Bertz CT molecular complexity index is 1080. The lowest BCUT2D eigenvalue weighted by Gasteiger charge is -2.09. The number of benzene rings is 2. The molecule has 0 unspecified atom stereocenters. The lowest BCUT2D eigenvalue weighted by Crippen LogP contribution is -2.17. The molecule has 6 nitrogen and oxygen atoms in total. The van der Waals surface area contributed by atoms with Crippen molar-refractivity contribution in [1.29, 1.82) is 0 Å². The second-order valence-electron chi connectivity index (χ2n) is 6.73. The van der Waals surface area contributed by atoms with E-state index in [-0.39, 0.29) is 10.8 Å². The van der Waals surface area contributed by atoms with E-state index < -0.39 is 9.84 Å². The van der Waals surface area contributed by atoms with Gasteiger partial charge in [0.15, 0.2) is 9.84 Å². The number of anilines is 1. The van der Waals surface area contributed by atoms with E-state index in [9.17, 15) is 13.2 Å². The van der Waals surface area contributed by atoms with Crippen LogP contribution in [0.3, 0.4) is 0 Å². The summed E-state index contributed by atoms with van der Waals surface area (Å²) in [6, 6.07) is 17.5. The number of nitrogens with zero attached hydrogens (tertiary/aromatic N) is 2. The summed E-state index contributed by atoms with van der Waals surface area (Å²) in [5.74, 6) is 0.140. The molecule has 1 saturated carbocycles. The highest BCUT2D eigenvalue weighted by molar-refractivity contribution is 7.90. The van der Waals surface area contributed by atoms with Gasteiger partial charge >= 0.3 is 0 Å². The van der Waals surface area contributed by atoms with Crippen molar-refractivity contribution >= 4 is 21.4 Å². The first kappa shape index (κ1) is 17.5. The van der Waals surface area contributed by atoms with Crippen LogP contribution in [0.5, 0.6) is 0 Å². The fourth-order valence-electron chi connectivity index (χ4n) is 2.89. The van der Waals surface area contributed by atoms with Crippen LogP contribution < -0.4 is 5.32 Å². The third-order valence-corrected chi connectivity index (χ3v) is 5.63. The van der Waals surface area contributed by atoms with E-state index >= 15 is 0 Å². The van der Waals surface area contributed by atoms with E-state index in [4.69, 9.17) is 0 Å². The third-order valence-electron chi connectivity index (χ3n) is 4.50. The molecule has 138 valence electrons. The molecular formula is C20H19N3O3S. The maximum absolute atomic E-state index is 12.9. The average molecular weight is 381 g/mol. The first-order valence-corrected chi connectivity index (χ1v) is 10.6. The van der Waals surface area contributed by atoms with Gasteiger partial charge in [0.25, 0.3) is 5.91 Å². The third kappa shape index (κ3) is 3.78. The molecule has 1 aromatic heterocycles. The summed E-state index contributed by atoms with van der Waals surface area (Å²) in [5, 5.41) is 7.45. The Balaban J connectivity index is 1.63. The van der Waals surface area contributed by atoms with Gasteiger partial charge in [-0.15, -0.1) is 0 Å². The fraction of sp³-hybridized carbons (Fsp3) is 0.200. The average Bonchev–Trinajstić information content (AvgIpc) is 3.40. The molecule has 0 aliphatic heterocycles. The number of para-hydroxylation sites is 1. The second kappa shape index (κ2) is 6.66. The molecule has 0 atom stereocenters. The number of carbonyl (C=O) groups excluding carboxylic acids is 1. The smallest absolute Gasteiger partial charge is 0.274 e. The fourth-order valence-corrected chi connectivity index (χ4v) is 3.52. The maximum Gasteiger partial charge on any atom is 0.274 e. The van der Waals surface area contributed by atoms with Crippen LogP contribution in [0.2, 0.25) is 0 Å². The molecule has 3 aromatic rings. The largest absolute Gasteiger partial charge is 0.321 e. The summed E-state index contributed by atoms with van der Waals surface area (Å²) >= 11 is 0. The standard InChI is InChI=1S/C20H19N3O3S/c1-27(25,26)17-11-9-15(10-12-17)21-20(24)19-13-18(14-7-8-14)22-23(19)16-5-3-2-4-6-16/h2-6,9-14H,7-8H2,1H3,(H,21,24). The molecule has 1 fully saturated rings. The lowest BCUT2D eigenvalue weighted by atomic mass is 10.2. The monoisotopic (exact) mass is 381 g/mol. The van der Waals surface area contributed by atoms with Crippen molar-refractivity contribution in [3.8, 4) is 5.69 Å². The molecule has 0 saturated heterocycles. The topological polar surface area (TPSA) is 81.1 Å². The van der Waals surface area contributed by atoms with Gasteiger partial charge < -0.3 is 5.32 Å². The molecule has 0 bridgehead atoms. The van der Waals surface area contributed by atoms with Crippen LogP contribution in [0.1, 0.15) is 34.9 Å². The molecule has 4 rings (SSSR count). The number of rotatable bonds is 5. The number of aromatic nitrogens is 2. The SMILES string of the molecule is CS(=O)(=O)c1ccc(NC(=O)c2cc(C3CC3)nn2-c2ccccc2)cc1. The van der Waals surface area contributed by atoms with Crippen molar-refractivity contribution < 1.29 is 13.2 Å². The molecule has 7 heteroatoms. The zero-order valence-electron chi connectivity index (χ0n) is 14.8. The predicted molar refractivity (Wildman–Crippen MR) is 103 cm³/mol. The van der Waals surface area contributed by atoms with E-state index in [1.807, 2.05) is 36.4 Å². The molecule has 0 radical (unpaired) electrons. The molecule has 1 aliphatic carbocycles. The number of nitrogens with one attached hydrogen (secondary N) is 1. The number of carbonyl (C=O) groups is 1. The summed E-state index contributed by atoms with van der Waals surface area (Å²) in [6.45, 7) is 0. The van der Waals surface area contributed by atoms with Crippen LogP contribution in [0.15, 0.2) is 65.6 Å². The number of amides is 1. The summed E-state index contributed by atoms with van der Waals surface area (Å²) in [4.78, 5) is 13.1. The van der Waals surface area contributed by atoms with E-state index in [0.29, 0.717) is 17.3 Å². The number of hydrogen-bond acceptors (Lipinski definition) is 4. The minimum absolute atomic E-state index is 0.214. The highest BCUT2D eigenvalue weighted by atomic mass is 32.2. The van der Waals surface area contributed by atoms with Crippen LogP contribution in [0.25, 0.3) is 5.69 Å². The minimum Gasteiger partial charge on any atom is -0.321 e. The Morgan fingerprint density at radius 3 is 2.33 bits per heavy atom. The Kier molecular flexibility index (Phi) is 4.31. The highest BCUT2D eigenvalue weighted by Crippen LogP contribution is 2.39. The summed E-state index contributed by atoms with van der Waals surface area (Å²) in [6.07, 6.45) is 3.35. The van der Waals surface area contributed by atoms with Crippen LogP contribution in [-0.2, 0) is 9.84 Å². The molecular weight excluding hydrogens is 362 g/mol. The summed E-state index contributed by atoms with van der Waals surface area (Å²) in [5.41, 5.74) is 2.73.